The van der Waals surface area contributed by atoms with Crippen LogP contribution in [0.25, 0.3) is 0 Å². The van der Waals surface area contributed by atoms with Gasteiger partial charge in [0.2, 0.25) is 0 Å². The molecule has 1 saturated heterocycles. The number of alkyl carbamates (subject to hydrolysis) is 1. The first-order valence-corrected chi connectivity index (χ1v) is 5.56. The number of carbonyl (C=O) groups excluding carboxylic acids is 2. The third kappa shape index (κ3) is 3.20. The number of amides is 1. The number of ketones is 1. The van der Waals surface area contributed by atoms with E-state index >= 15 is 0 Å². The maximum Gasteiger partial charge on any atom is 0.407 e. The molecule has 2 atom stereocenters. The van der Waals surface area contributed by atoms with Gasteiger partial charge >= 0.3 is 6.09 Å². The van der Waals surface area contributed by atoms with Crippen molar-refractivity contribution in [2.24, 2.45) is 5.92 Å². The summed E-state index contributed by atoms with van der Waals surface area (Å²) in [7, 11) is 1.28. The molecule has 1 heterocycles. The maximum atomic E-state index is 11.9. The SMILES string of the molecule is COC(=O)N[C@H](C(=O)C(C)C)C1CCCO1. The van der Waals surface area contributed by atoms with Gasteiger partial charge in [-0.2, -0.15) is 0 Å². The predicted octanol–water partition coefficient (Wildman–Crippen LogP) is 1.12. The number of Topliss-reactive ketones (excluding diaryl/α,β-unsaturated/α-hetero) is 1. The van der Waals surface area contributed by atoms with Crippen LogP contribution in [0.15, 0.2) is 0 Å². The van der Waals surface area contributed by atoms with E-state index < -0.39 is 12.1 Å². The molecular formula is C11H19NO4. The Bertz CT molecular complexity index is 259. The summed E-state index contributed by atoms with van der Waals surface area (Å²) in [4.78, 5) is 23.1. The average molecular weight is 229 g/mol. The number of methoxy groups -OCH3 is 1. The van der Waals surface area contributed by atoms with E-state index in [9.17, 15) is 9.59 Å². The Balaban J connectivity index is 2.67. The molecule has 92 valence electrons. The van der Waals surface area contributed by atoms with Crippen LogP contribution < -0.4 is 5.32 Å². The summed E-state index contributed by atoms with van der Waals surface area (Å²) in [6.45, 7) is 4.27. The van der Waals surface area contributed by atoms with Crippen molar-refractivity contribution in [3.8, 4) is 0 Å². The van der Waals surface area contributed by atoms with E-state index in [1.165, 1.54) is 7.11 Å². The van der Waals surface area contributed by atoms with Crippen LogP contribution in [0.2, 0.25) is 0 Å². The number of ether oxygens (including phenoxy) is 2. The van der Waals surface area contributed by atoms with Crippen LogP contribution in [0.4, 0.5) is 4.79 Å². The number of rotatable bonds is 4. The number of hydrogen-bond donors (Lipinski definition) is 1. The van der Waals surface area contributed by atoms with Gasteiger partial charge in [0.05, 0.1) is 13.2 Å². The van der Waals surface area contributed by atoms with Crippen LogP contribution in [0.1, 0.15) is 26.7 Å². The average Bonchev–Trinajstić information content (AvgIpc) is 2.77. The smallest absolute Gasteiger partial charge is 0.407 e. The molecule has 0 aromatic heterocycles. The highest BCUT2D eigenvalue weighted by molar-refractivity contribution is 5.89. The standard InChI is InChI=1S/C11H19NO4/c1-7(2)10(13)9(12-11(14)15-3)8-5-4-6-16-8/h7-9H,4-6H2,1-3H3,(H,12,14)/t8?,9-/m0/s1. The number of hydrogen-bond acceptors (Lipinski definition) is 4. The zero-order chi connectivity index (χ0) is 12.1. The second-order valence-electron chi connectivity index (χ2n) is 4.22. The van der Waals surface area contributed by atoms with Gasteiger partial charge in [-0.3, -0.25) is 4.79 Å². The maximum absolute atomic E-state index is 11.9. The summed E-state index contributed by atoms with van der Waals surface area (Å²) in [6, 6.07) is -0.588. The van der Waals surface area contributed by atoms with E-state index in [0.29, 0.717) is 6.61 Å². The van der Waals surface area contributed by atoms with Gasteiger partial charge in [-0.15, -0.1) is 0 Å². The van der Waals surface area contributed by atoms with Crippen molar-refractivity contribution in [2.75, 3.05) is 13.7 Å². The Hall–Kier alpha value is -1.10. The molecule has 0 aromatic carbocycles. The summed E-state index contributed by atoms with van der Waals surface area (Å²) in [6.07, 6.45) is 0.922. The fraction of sp³-hybridized carbons (Fsp3) is 0.818. The molecule has 1 unspecified atom stereocenters. The van der Waals surface area contributed by atoms with E-state index in [0.717, 1.165) is 12.8 Å². The normalized spacial score (nSPS) is 21.9. The molecule has 0 spiro atoms. The Morgan fingerprint density at radius 1 is 1.44 bits per heavy atom. The zero-order valence-electron chi connectivity index (χ0n) is 9.99. The molecule has 1 rings (SSSR count). The summed E-state index contributed by atoms with van der Waals surface area (Å²) in [5.41, 5.74) is 0. The third-order valence-corrected chi connectivity index (χ3v) is 2.67. The predicted molar refractivity (Wildman–Crippen MR) is 58.1 cm³/mol. The van der Waals surface area contributed by atoms with Crippen LogP contribution >= 0.6 is 0 Å². The first kappa shape index (κ1) is 13.0. The minimum atomic E-state index is -0.588. The van der Waals surface area contributed by atoms with Crippen molar-refractivity contribution >= 4 is 11.9 Å². The summed E-state index contributed by atoms with van der Waals surface area (Å²) in [5, 5.41) is 2.55. The molecule has 5 heteroatoms. The van der Waals surface area contributed by atoms with Gasteiger partial charge in [0.15, 0.2) is 5.78 Å². The van der Waals surface area contributed by atoms with Gasteiger partial charge in [0, 0.05) is 12.5 Å². The monoisotopic (exact) mass is 229 g/mol. The fourth-order valence-electron chi connectivity index (χ4n) is 1.76. The summed E-state index contributed by atoms with van der Waals surface area (Å²) >= 11 is 0. The van der Waals surface area contributed by atoms with Gasteiger partial charge in [0.1, 0.15) is 6.04 Å². The number of carbonyl (C=O) groups is 2. The molecule has 1 N–H and O–H groups in total. The Labute approximate surface area is 95.5 Å². The Morgan fingerprint density at radius 3 is 2.56 bits per heavy atom. The van der Waals surface area contributed by atoms with E-state index in [4.69, 9.17) is 4.74 Å². The van der Waals surface area contributed by atoms with Crippen molar-refractivity contribution in [1.82, 2.24) is 5.32 Å². The van der Waals surface area contributed by atoms with Crippen LogP contribution in [0, 0.1) is 5.92 Å². The van der Waals surface area contributed by atoms with Gasteiger partial charge in [-0.1, -0.05) is 13.8 Å². The lowest BCUT2D eigenvalue weighted by Gasteiger charge is -2.23. The minimum Gasteiger partial charge on any atom is -0.453 e. The molecule has 1 amide bonds. The quantitative estimate of drug-likeness (QED) is 0.784. The molecule has 0 aromatic rings. The first-order valence-electron chi connectivity index (χ1n) is 5.56. The highest BCUT2D eigenvalue weighted by atomic mass is 16.5. The molecule has 1 fully saturated rings. The molecule has 1 aliphatic rings. The lowest BCUT2D eigenvalue weighted by atomic mass is 9.96. The molecule has 16 heavy (non-hydrogen) atoms. The summed E-state index contributed by atoms with van der Waals surface area (Å²) < 4.78 is 9.95. The molecule has 0 saturated carbocycles. The van der Waals surface area contributed by atoms with E-state index in [1.807, 2.05) is 13.8 Å². The van der Waals surface area contributed by atoms with Gasteiger partial charge in [-0.25, -0.2) is 4.79 Å². The van der Waals surface area contributed by atoms with E-state index in [1.54, 1.807) is 0 Å². The fourth-order valence-corrected chi connectivity index (χ4v) is 1.76. The molecular weight excluding hydrogens is 210 g/mol. The highest BCUT2D eigenvalue weighted by Crippen LogP contribution is 2.18. The van der Waals surface area contributed by atoms with Crippen LogP contribution in [-0.4, -0.2) is 37.7 Å². The largest absolute Gasteiger partial charge is 0.453 e. The van der Waals surface area contributed by atoms with Crippen molar-refractivity contribution in [3.05, 3.63) is 0 Å². The molecule has 0 radical (unpaired) electrons. The molecule has 1 aliphatic heterocycles. The minimum absolute atomic E-state index is 0.0164. The first-order chi connectivity index (χ1) is 7.56. The Kier molecular flexibility index (Phi) is 4.73. The zero-order valence-corrected chi connectivity index (χ0v) is 9.99. The van der Waals surface area contributed by atoms with Crippen LogP contribution in [-0.2, 0) is 14.3 Å². The lowest BCUT2D eigenvalue weighted by molar-refractivity contribution is -0.126. The van der Waals surface area contributed by atoms with Gasteiger partial charge in [0.25, 0.3) is 0 Å². The van der Waals surface area contributed by atoms with Gasteiger partial charge in [-0.05, 0) is 12.8 Å². The number of nitrogens with one attached hydrogen (secondary N) is 1. The summed E-state index contributed by atoms with van der Waals surface area (Å²) in [5.74, 6) is -0.149. The molecule has 5 nitrogen and oxygen atoms in total. The highest BCUT2D eigenvalue weighted by Gasteiger charge is 2.34. The third-order valence-electron chi connectivity index (χ3n) is 2.67. The molecule has 0 bridgehead atoms. The Morgan fingerprint density at radius 2 is 2.12 bits per heavy atom. The second kappa shape index (κ2) is 5.84. The van der Waals surface area contributed by atoms with E-state index in [-0.39, 0.29) is 17.8 Å². The van der Waals surface area contributed by atoms with Crippen molar-refractivity contribution in [1.29, 1.82) is 0 Å². The second-order valence-corrected chi connectivity index (χ2v) is 4.22. The van der Waals surface area contributed by atoms with Crippen molar-refractivity contribution < 1.29 is 19.1 Å². The topological polar surface area (TPSA) is 64.6 Å². The van der Waals surface area contributed by atoms with E-state index in [2.05, 4.69) is 10.1 Å². The van der Waals surface area contributed by atoms with Crippen LogP contribution in [0.3, 0.4) is 0 Å². The molecule has 0 aliphatic carbocycles. The lowest BCUT2D eigenvalue weighted by Crippen LogP contribution is -2.50. The van der Waals surface area contributed by atoms with Crippen molar-refractivity contribution in [2.45, 2.75) is 38.8 Å². The van der Waals surface area contributed by atoms with Crippen molar-refractivity contribution in [3.63, 3.8) is 0 Å². The van der Waals surface area contributed by atoms with Gasteiger partial charge < -0.3 is 14.8 Å². The van der Waals surface area contributed by atoms with Crippen LogP contribution in [0.5, 0.6) is 0 Å².